The molecule has 1 atom stereocenters. The van der Waals surface area contributed by atoms with Crippen molar-refractivity contribution in [1.29, 1.82) is 0 Å². The molecule has 2 heteroatoms. The normalized spacial score (nSPS) is 24.9. The Morgan fingerprint density at radius 3 is 3.06 bits per heavy atom. The van der Waals surface area contributed by atoms with Gasteiger partial charge in [0.1, 0.15) is 0 Å². The minimum Gasteiger partial charge on any atom is -0.308 e. The third kappa shape index (κ3) is 2.01. The van der Waals surface area contributed by atoms with Crippen molar-refractivity contribution in [3.05, 3.63) is 42.2 Å². The van der Waals surface area contributed by atoms with E-state index in [1.165, 1.54) is 42.0 Å². The highest BCUT2D eigenvalue weighted by atomic mass is 15.0. The predicted octanol–water partition coefficient (Wildman–Crippen LogP) is 3.61. The van der Waals surface area contributed by atoms with Gasteiger partial charge in [-0.1, -0.05) is 31.0 Å². The fourth-order valence-electron chi connectivity index (χ4n) is 3.07. The molecule has 94 valence electrons. The summed E-state index contributed by atoms with van der Waals surface area (Å²) < 4.78 is 0. The fraction of sp³-hybridized carbons (Fsp3) is 0.438. The van der Waals surface area contributed by atoms with Crippen LogP contribution in [0.5, 0.6) is 0 Å². The molecule has 2 nitrogen and oxygen atoms in total. The van der Waals surface area contributed by atoms with Gasteiger partial charge in [-0.05, 0) is 43.3 Å². The topological polar surface area (TPSA) is 24.9 Å². The molecule has 1 aromatic heterocycles. The Morgan fingerprint density at radius 2 is 2.11 bits per heavy atom. The number of nitrogens with one attached hydrogen (secondary N) is 1. The molecule has 0 amide bonds. The molecule has 18 heavy (non-hydrogen) atoms. The highest BCUT2D eigenvalue weighted by Gasteiger charge is 2.28. The van der Waals surface area contributed by atoms with Crippen LogP contribution in [0.2, 0.25) is 0 Å². The van der Waals surface area contributed by atoms with Crippen LogP contribution < -0.4 is 5.32 Å². The fourth-order valence-corrected chi connectivity index (χ4v) is 3.07. The first-order chi connectivity index (χ1) is 8.80. The van der Waals surface area contributed by atoms with Gasteiger partial charge in [-0.3, -0.25) is 4.98 Å². The Balaban J connectivity index is 2.12. The van der Waals surface area contributed by atoms with Crippen molar-refractivity contribution in [2.24, 2.45) is 0 Å². The van der Waals surface area contributed by atoms with Gasteiger partial charge in [0.25, 0.3) is 0 Å². The van der Waals surface area contributed by atoms with Gasteiger partial charge in [-0.25, -0.2) is 0 Å². The maximum Gasteiger partial charge on any atom is 0.0412 e. The number of rotatable bonds is 1. The van der Waals surface area contributed by atoms with E-state index in [0.717, 1.165) is 6.54 Å². The van der Waals surface area contributed by atoms with Crippen LogP contribution in [0.3, 0.4) is 0 Å². The van der Waals surface area contributed by atoms with Crippen molar-refractivity contribution in [3.8, 4) is 0 Å². The van der Waals surface area contributed by atoms with Gasteiger partial charge in [0.2, 0.25) is 0 Å². The van der Waals surface area contributed by atoms with E-state index in [-0.39, 0.29) is 5.54 Å². The maximum atomic E-state index is 4.22. The first-order valence-corrected chi connectivity index (χ1v) is 6.88. The van der Waals surface area contributed by atoms with E-state index < -0.39 is 0 Å². The van der Waals surface area contributed by atoms with Crippen LogP contribution in [0.15, 0.2) is 36.7 Å². The molecule has 0 aliphatic carbocycles. The molecule has 0 bridgehead atoms. The summed E-state index contributed by atoms with van der Waals surface area (Å²) in [4.78, 5) is 4.22. The van der Waals surface area contributed by atoms with Gasteiger partial charge >= 0.3 is 0 Å². The van der Waals surface area contributed by atoms with Crippen molar-refractivity contribution < 1.29 is 0 Å². The van der Waals surface area contributed by atoms with Crippen LogP contribution in [-0.2, 0) is 5.54 Å². The molecule has 2 heterocycles. The molecule has 3 rings (SSSR count). The van der Waals surface area contributed by atoms with Gasteiger partial charge in [0.05, 0.1) is 0 Å². The number of aromatic nitrogens is 1. The summed E-state index contributed by atoms with van der Waals surface area (Å²) in [6, 6.07) is 8.70. The number of nitrogens with zero attached hydrogens (tertiary/aromatic N) is 1. The summed E-state index contributed by atoms with van der Waals surface area (Å²) in [7, 11) is 0. The quantitative estimate of drug-likeness (QED) is 0.823. The molecular formula is C16H20N2. The molecule has 0 saturated carbocycles. The lowest BCUT2D eigenvalue weighted by molar-refractivity contribution is 0.362. The van der Waals surface area contributed by atoms with Crippen LogP contribution in [-0.4, -0.2) is 11.5 Å². The highest BCUT2D eigenvalue weighted by molar-refractivity contribution is 5.85. The number of hydrogen-bond acceptors (Lipinski definition) is 2. The SMILES string of the molecule is CC1(c2cccc3cnccc23)CCCCCN1. The van der Waals surface area contributed by atoms with E-state index >= 15 is 0 Å². The van der Waals surface area contributed by atoms with E-state index in [1.807, 2.05) is 12.4 Å². The van der Waals surface area contributed by atoms with Crippen LogP contribution >= 0.6 is 0 Å². The van der Waals surface area contributed by atoms with Gasteiger partial charge in [0, 0.05) is 23.3 Å². The van der Waals surface area contributed by atoms with Crippen LogP contribution in [0, 0.1) is 0 Å². The first kappa shape index (κ1) is 11.7. The van der Waals surface area contributed by atoms with Crippen LogP contribution in [0.25, 0.3) is 10.8 Å². The average molecular weight is 240 g/mol. The van der Waals surface area contributed by atoms with Crippen molar-refractivity contribution in [3.63, 3.8) is 0 Å². The minimum atomic E-state index is 0.108. The van der Waals surface area contributed by atoms with E-state index in [4.69, 9.17) is 0 Å². The van der Waals surface area contributed by atoms with E-state index in [0.29, 0.717) is 0 Å². The Hall–Kier alpha value is -1.41. The molecule has 1 unspecified atom stereocenters. The van der Waals surface area contributed by atoms with E-state index in [1.54, 1.807) is 0 Å². The smallest absolute Gasteiger partial charge is 0.0412 e. The number of hydrogen-bond donors (Lipinski definition) is 1. The van der Waals surface area contributed by atoms with Crippen molar-refractivity contribution >= 4 is 10.8 Å². The van der Waals surface area contributed by atoms with Crippen molar-refractivity contribution in [1.82, 2.24) is 10.3 Å². The van der Waals surface area contributed by atoms with Crippen LogP contribution in [0.4, 0.5) is 0 Å². The monoisotopic (exact) mass is 240 g/mol. The molecule has 1 aliphatic heterocycles. The van der Waals surface area contributed by atoms with Crippen molar-refractivity contribution in [2.75, 3.05) is 6.54 Å². The summed E-state index contributed by atoms with van der Waals surface area (Å²) in [6.45, 7) is 3.46. The molecule has 1 saturated heterocycles. The maximum absolute atomic E-state index is 4.22. The lowest BCUT2D eigenvalue weighted by Crippen LogP contribution is -2.38. The highest BCUT2D eigenvalue weighted by Crippen LogP contribution is 2.33. The summed E-state index contributed by atoms with van der Waals surface area (Å²) in [6.07, 6.45) is 9.01. The summed E-state index contributed by atoms with van der Waals surface area (Å²) >= 11 is 0. The molecule has 0 spiro atoms. The molecule has 1 fully saturated rings. The molecule has 2 aromatic rings. The molecule has 1 N–H and O–H groups in total. The average Bonchev–Trinajstić information content (AvgIpc) is 2.64. The second kappa shape index (κ2) is 4.69. The lowest BCUT2D eigenvalue weighted by atomic mass is 9.85. The molecule has 1 aromatic carbocycles. The second-order valence-corrected chi connectivity index (χ2v) is 5.47. The van der Waals surface area contributed by atoms with E-state index in [2.05, 4.69) is 41.5 Å². The zero-order valence-electron chi connectivity index (χ0n) is 10.9. The van der Waals surface area contributed by atoms with Crippen molar-refractivity contribution in [2.45, 2.75) is 38.1 Å². The van der Waals surface area contributed by atoms with Gasteiger partial charge < -0.3 is 5.32 Å². The van der Waals surface area contributed by atoms with Crippen LogP contribution in [0.1, 0.15) is 38.2 Å². The number of fused-ring (bicyclic) bond motifs is 1. The molecule has 0 radical (unpaired) electrons. The third-order valence-electron chi connectivity index (χ3n) is 4.14. The second-order valence-electron chi connectivity index (χ2n) is 5.47. The zero-order valence-corrected chi connectivity index (χ0v) is 10.9. The molecule has 1 aliphatic rings. The summed E-state index contributed by atoms with van der Waals surface area (Å²) in [5.74, 6) is 0. The third-order valence-corrected chi connectivity index (χ3v) is 4.14. The Bertz CT molecular complexity index is 534. The van der Waals surface area contributed by atoms with Gasteiger partial charge in [-0.2, -0.15) is 0 Å². The Kier molecular flexibility index (Phi) is 3.04. The number of pyridine rings is 1. The predicted molar refractivity (Wildman–Crippen MR) is 75.6 cm³/mol. The number of benzene rings is 1. The van der Waals surface area contributed by atoms with E-state index in [9.17, 15) is 0 Å². The summed E-state index contributed by atoms with van der Waals surface area (Å²) in [5, 5.41) is 6.32. The molecular weight excluding hydrogens is 220 g/mol. The Labute approximate surface area is 108 Å². The summed E-state index contributed by atoms with van der Waals surface area (Å²) in [5.41, 5.74) is 1.53. The lowest BCUT2D eigenvalue weighted by Gasteiger charge is -2.31. The largest absolute Gasteiger partial charge is 0.308 e. The standard InChI is InChI=1S/C16H20N2/c1-16(9-3-2-4-10-18-16)15-7-5-6-13-12-17-11-8-14(13)15/h5-8,11-12,18H,2-4,9-10H2,1H3. The zero-order chi connectivity index (χ0) is 12.4. The van der Waals surface area contributed by atoms with Gasteiger partial charge in [0.15, 0.2) is 0 Å². The minimum absolute atomic E-state index is 0.108. The first-order valence-electron chi connectivity index (χ1n) is 6.88. The Morgan fingerprint density at radius 1 is 1.17 bits per heavy atom. The van der Waals surface area contributed by atoms with Gasteiger partial charge in [-0.15, -0.1) is 0 Å².